The number of hydrogen-bond acceptors (Lipinski definition) is 5. The molecule has 1 saturated heterocycles. The van der Waals surface area contributed by atoms with Gasteiger partial charge in [0.1, 0.15) is 11.8 Å². The second-order valence-electron chi connectivity index (χ2n) is 5.77. The van der Waals surface area contributed by atoms with Crippen LogP contribution in [0, 0.1) is 11.8 Å². The van der Waals surface area contributed by atoms with Gasteiger partial charge >= 0.3 is 5.69 Å². The molecule has 0 unspecified atom stereocenters. The van der Waals surface area contributed by atoms with Crippen LogP contribution in [0.1, 0.15) is 6.92 Å². The lowest BCUT2D eigenvalue weighted by atomic mass is 10.3. The molecule has 2 aromatic rings. The van der Waals surface area contributed by atoms with Crippen LogP contribution in [0.4, 0.5) is 5.82 Å². The molecule has 1 N–H and O–H groups in total. The van der Waals surface area contributed by atoms with Crippen LogP contribution in [0.15, 0.2) is 42.5 Å². The maximum Gasteiger partial charge on any atom is 0.335 e. The number of allylic oxidation sites excluding steroid dienone is 4. The number of piperazine rings is 1. The van der Waals surface area contributed by atoms with E-state index >= 15 is 0 Å². The molecule has 3 rings (SSSR count). The molecule has 0 aromatic carbocycles. The van der Waals surface area contributed by atoms with Gasteiger partial charge in [-0.1, -0.05) is 25.2 Å². The van der Waals surface area contributed by atoms with Crippen molar-refractivity contribution in [3.8, 4) is 11.8 Å². The first kappa shape index (κ1) is 17.7. The van der Waals surface area contributed by atoms with Crippen LogP contribution in [0.2, 0.25) is 0 Å². The standard InChI is InChI=1S/C19H22N6O/c1-4-7-11-24-16-17(23-12-9-20-10-13-23)21-14-22-18(16)25(19(24)26)15(6-3)8-5-2/h5-6,8,14,20H,2-3,9-13H2,1H3/b15-8+. The van der Waals surface area contributed by atoms with E-state index in [1.165, 1.54) is 10.9 Å². The van der Waals surface area contributed by atoms with E-state index in [4.69, 9.17) is 0 Å². The SMILES string of the molecule is C=C/C=C(\C=C)n1c(=O)n(CC#CC)c2c(N3CCNCC3)ncnc21. The molecule has 3 heterocycles. The maximum atomic E-state index is 13.1. The first-order chi connectivity index (χ1) is 12.7. The summed E-state index contributed by atoms with van der Waals surface area (Å²) in [5.74, 6) is 6.58. The molecular weight excluding hydrogens is 328 g/mol. The van der Waals surface area contributed by atoms with Crippen molar-refractivity contribution in [1.82, 2.24) is 24.4 Å². The molecule has 1 aliphatic rings. The second-order valence-corrected chi connectivity index (χ2v) is 5.77. The van der Waals surface area contributed by atoms with Crippen LogP contribution in [0.25, 0.3) is 16.9 Å². The quantitative estimate of drug-likeness (QED) is 0.649. The predicted molar refractivity (Wildman–Crippen MR) is 105 cm³/mol. The molecule has 0 bridgehead atoms. The van der Waals surface area contributed by atoms with E-state index in [0.717, 1.165) is 32.0 Å². The molecule has 7 nitrogen and oxygen atoms in total. The average Bonchev–Trinajstić information content (AvgIpc) is 2.96. The zero-order valence-electron chi connectivity index (χ0n) is 14.9. The summed E-state index contributed by atoms with van der Waals surface area (Å²) in [7, 11) is 0. The van der Waals surface area contributed by atoms with Gasteiger partial charge in [0.15, 0.2) is 11.5 Å². The molecule has 1 fully saturated rings. The number of anilines is 1. The van der Waals surface area contributed by atoms with Crippen molar-refractivity contribution in [1.29, 1.82) is 0 Å². The minimum Gasteiger partial charge on any atom is -0.352 e. The third-order valence-electron chi connectivity index (χ3n) is 4.27. The van der Waals surface area contributed by atoms with Crippen LogP contribution in [-0.4, -0.2) is 45.3 Å². The van der Waals surface area contributed by atoms with Crippen molar-refractivity contribution in [2.45, 2.75) is 13.5 Å². The molecular formula is C19H22N6O. The van der Waals surface area contributed by atoms with E-state index < -0.39 is 0 Å². The Bertz CT molecular complexity index is 979. The summed E-state index contributed by atoms with van der Waals surface area (Å²) in [6, 6.07) is 0. The Morgan fingerprint density at radius 3 is 2.77 bits per heavy atom. The molecule has 134 valence electrons. The fourth-order valence-electron chi connectivity index (χ4n) is 3.07. The van der Waals surface area contributed by atoms with Crippen LogP contribution in [0.5, 0.6) is 0 Å². The molecule has 0 atom stereocenters. The van der Waals surface area contributed by atoms with Gasteiger partial charge < -0.3 is 10.2 Å². The van der Waals surface area contributed by atoms with Crippen molar-refractivity contribution >= 4 is 22.7 Å². The third-order valence-corrected chi connectivity index (χ3v) is 4.27. The van der Waals surface area contributed by atoms with Gasteiger partial charge in [-0.25, -0.2) is 19.3 Å². The molecule has 1 aliphatic heterocycles. The fraction of sp³-hybridized carbons (Fsp3) is 0.316. The normalized spacial score (nSPS) is 14.8. The lowest BCUT2D eigenvalue weighted by molar-refractivity contribution is 0.585. The summed E-state index contributed by atoms with van der Waals surface area (Å²) in [6.07, 6.45) is 6.47. The highest BCUT2D eigenvalue weighted by atomic mass is 16.1. The molecule has 0 aliphatic carbocycles. The zero-order valence-corrected chi connectivity index (χ0v) is 14.9. The first-order valence-corrected chi connectivity index (χ1v) is 8.50. The van der Waals surface area contributed by atoms with E-state index in [9.17, 15) is 4.79 Å². The van der Waals surface area contributed by atoms with Gasteiger partial charge in [0, 0.05) is 26.2 Å². The first-order valence-electron chi connectivity index (χ1n) is 8.50. The molecule has 7 heteroatoms. The number of fused-ring (bicyclic) bond motifs is 1. The number of aromatic nitrogens is 4. The monoisotopic (exact) mass is 350 g/mol. The predicted octanol–water partition coefficient (Wildman–Crippen LogP) is 1.24. The number of imidazole rings is 1. The van der Waals surface area contributed by atoms with Crippen LogP contribution in [0.3, 0.4) is 0 Å². The van der Waals surface area contributed by atoms with Crippen molar-refractivity contribution in [3.05, 3.63) is 48.2 Å². The lowest BCUT2D eigenvalue weighted by Crippen LogP contribution is -2.44. The average molecular weight is 350 g/mol. The highest BCUT2D eigenvalue weighted by Gasteiger charge is 2.23. The summed E-state index contributed by atoms with van der Waals surface area (Å²) < 4.78 is 3.17. The van der Waals surface area contributed by atoms with Crippen molar-refractivity contribution < 1.29 is 0 Å². The minimum atomic E-state index is -0.215. The maximum absolute atomic E-state index is 13.1. The van der Waals surface area contributed by atoms with Gasteiger partial charge in [-0.15, -0.1) is 5.92 Å². The van der Waals surface area contributed by atoms with Gasteiger partial charge in [0.25, 0.3) is 0 Å². The van der Waals surface area contributed by atoms with Crippen LogP contribution >= 0.6 is 0 Å². The summed E-state index contributed by atoms with van der Waals surface area (Å²) in [4.78, 5) is 24.2. The van der Waals surface area contributed by atoms with Crippen molar-refractivity contribution in [3.63, 3.8) is 0 Å². The highest BCUT2D eigenvalue weighted by molar-refractivity contribution is 5.87. The van der Waals surface area contributed by atoms with Gasteiger partial charge in [-0.05, 0) is 19.1 Å². The second kappa shape index (κ2) is 7.85. The van der Waals surface area contributed by atoms with Crippen molar-refractivity contribution in [2.24, 2.45) is 0 Å². The van der Waals surface area contributed by atoms with Crippen LogP contribution in [-0.2, 0) is 6.54 Å². The van der Waals surface area contributed by atoms with E-state index in [1.54, 1.807) is 29.7 Å². The van der Waals surface area contributed by atoms with Gasteiger partial charge in [-0.3, -0.25) is 4.57 Å². The van der Waals surface area contributed by atoms with Crippen LogP contribution < -0.4 is 15.9 Å². The Hall–Kier alpha value is -3.11. The summed E-state index contributed by atoms with van der Waals surface area (Å²) >= 11 is 0. The molecule has 0 radical (unpaired) electrons. The smallest absolute Gasteiger partial charge is 0.335 e. The van der Waals surface area contributed by atoms with Gasteiger partial charge in [0.2, 0.25) is 0 Å². The van der Waals surface area contributed by atoms with E-state index in [1.807, 2.05) is 0 Å². The largest absolute Gasteiger partial charge is 0.352 e. The summed E-state index contributed by atoms with van der Waals surface area (Å²) in [5.41, 5.74) is 1.64. The number of nitrogens with one attached hydrogen (secondary N) is 1. The van der Waals surface area contributed by atoms with Crippen molar-refractivity contribution in [2.75, 3.05) is 31.1 Å². The topological polar surface area (TPSA) is 68.0 Å². The molecule has 0 spiro atoms. The van der Waals surface area contributed by atoms with E-state index in [2.05, 4.69) is 45.2 Å². The zero-order chi connectivity index (χ0) is 18.5. The van der Waals surface area contributed by atoms with E-state index in [-0.39, 0.29) is 12.2 Å². The number of nitrogens with zero attached hydrogens (tertiary/aromatic N) is 5. The fourth-order valence-corrected chi connectivity index (χ4v) is 3.07. The minimum absolute atomic E-state index is 0.215. The third kappa shape index (κ3) is 3.07. The number of hydrogen-bond donors (Lipinski definition) is 1. The molecule has 0 saturated carbocycles. The molecule has 2 aromatic heterocycles. The molecule has 0 amide bonds. The Kier molecular flexibility index (Phi) is 5.34. The number of rotatable bonds is 5. The molecule has 26 heavy (non-hydrogen) atoms. The Balaban J connectivity index is 2.33. The Labute approximate surface area is 152 Å². The Morgan fingerprint density at radius 1 is 1.35 bits per heavy atom. The summed E-state index contributed by atoms with van der Waals surface area (Å²) in [6.45, 7) is 13.0. The summed E-state index contributed by atoms with van der Waals surface area (Å²) in [5, 5.41) is 3.33. The lowest BCUT2D eigenvalue weighted by Gasteiger charge is -2.28. The van der Waals surface area contributed by atoms with Gasteiger partial charge in [0.05, 0.1) is 12.2 Å². The van der Waals surface area contributed by atoms with E-state index in [0.29, 0.717) is 16.9 Å². The Morgan fingerprint density at radius 2 is 2.12 bits per heavy atom. The van der Waals surface area contributed by atoms with Gasteiger partial charge in [-0.2, -0.15) is 0 Å². The highest BCUT2D eigenvalue weighted by Crippen LogP contribution is 2.24.